The van der Waals surface area contributed by atoms with Crippen LogP contribution in [0.5, 0.6) is 11.5 Å². The largest absolute Gasteiger partial charge is 0.497 e. The molecule has 0 aliphatic heterocycles. The summed E-state index contributed by atoms with van der Waals surface area (Å²) in [6, 6.07) is 15.2. The van der Waals surface area contributed by atoms with Crippen LogP contribution in [0.2, 0.25) is 0 Å². The fourth-order valence-electron chi connectivity index (χ4n) is 2.49. The number of hydrogen-bond acceptors (Lipinski definition) is 4. The van der Waals surface area contributed by atoms with Gasteiger partial charge < -0.3 is 20.1 Å². The smallest absolute Gasteiger partial charge is 0.242 e. The van der Waals surface area contributed by atoms with E-state index >= 15 is 0 Å². The zero-order valence-corrected chi connectivity index (χ0v) is 15.7. The predicted octanol–water partition coefficient (Wildman–Crippen LogP) is 3.64. The van der Waals surface area contributed by atoms with Crippen molar-refractivity contribution in [2.45, 2.75) is 32.7 Å². The van der Waals surface area contributed by atoms with Gasteiger partial charge >= 0.3 is 0 Å². The van der Waals surface area contributed by atoms with Crippen LogP contribution in [0.1, 0.15) is 25.8 Å². The molecule has 0 aromatic heterocycles. The Bertz CT molecular complexity index is 686. The summed E-state index contributed by atoms with van der Waals surface area (Å²) in [7, 11) is 1.65. The first-order chi connectivity index (χ1) is 12.6. The summed E-state index contributed by atoms with van der Waals surface area (Å²) in [5.74, 6) is 1.61. The van der Waals surface area contributed by atoms with E-state index in [9.17, 15) is 4.79 Å². The SMILES string of the molecule is CCCOc1cccc(NC(C)C(=O)NCCc2ccc(OC)cc2)c1. The Morgan fingerprint density at radius 1 is 1.12 bits per heavy atom. The third kappa shape index (κ3) is 6.31. The van der Waals surface area contributed by atoms with Crippen molar-refractivity contribution in [2.24, 2.45) is 0 Å². The number of anilines is 1. The summed E-state index contributed by atoms with van der Waals surface area (Å²) in [4.78, 5) is 12.3. The molecule has 1 amide bonds. The van der Waals surface area contributed by atoms with Gasteiger partial charge in [-0.2, -0.15) is 0 Å². The first-order valence-electron chi connectivity index (χ1n) is 9.02. The van der Waals surface area contributed by atoms with Gasteiger partial charge in [-0.05, 0) is 49.6 Å². The Labute approximate surface area is 155 Å². The summed E-state index contributed by atoms with van der Waals surface area (Å²) in [6.45, 7) is 5.20. The molecule has 140 valence electrons. The predicted molar refractivity (Wildman–Crippen MR) is 105 cm³/mol. The molecule has 5 nitrogen and oxygen atoms in total. The highest BCUT2D eigenvalue weighted by molar-refractivity contribution is 5.84. The number of carbonyl (C=O) groups excluding carboxylic acids is 1. The fraction of sp³-hybridized carbons (Fsp3) is 0.381. The van der Waals surface area contributed by atoms with Gasteiger partial charge in [0.25, 0.3) is 0 Å². The molecule has 2 aromatic rings. The van der Waals surface area contributed by atoms with Gasteiger partial charge in [-0.1, -0.05) is 25.1 Å². The topological polar surface area (TPSA) is 59.6 Å². The molecule has 0 saturated carbocycles. The molecule has 2 rings (SSSR count). The van der Waals surface area contributed by atoms with Crippen LogP contribution >= 0.6 is 0 Å². The van der Waals surface area contributed by atoms with Crippen LogP contribution in [0, 0.1) is 0 Å². The molecule has 0 bridgehead atoms. The molecule has 0 spiro atoms. The Hall–Kier alpha value is -2.69. The minimum atomic E-state index is -0.327. The molecular formula is C21H28N2O3. The van der Waals surface area contributed by atoms with Gasteiger partial charge in [0.15, 0.2) is 0 Å². The first kappa shape index (κ1) is 19.6. The van der Waals surface area contributed by atoms with E-state index < -0.39 is 0 Å². The van der Waals surface area contributed by atoms with E-state index in [1.165, 1.54) is 0 Å². The lowest BCUT2D eigenvalue weighted by Crippen LogP contribution is -2.38. The monoisotopic (exact) mass is 356 g/mol. The number of carbonyl (C=O) groups is 1. The van der Waals surface area contributed by atoms with E-state index in [1.807, 2.05) is 55.5 Å². The highest BCUT2D eigenvalue weighted by Crippen LogP contribution is 2.18. The van der Waals surface area contributed by atoms with Gasteiger partial charge in [0.2, 0.25) is 5.91 Å². The molecular weight excluding hydrogens is 328 g/mol. The van der Waals surface area contributed by atoms with Gasteiger partial charge in [-0.15, -0.1) is 0 Å². The van der Waals surface area contributed by atoms with Crippen LogP contribution in [-0.2, 0) is 11.2 Å². The van der Waals surface area contributed by atoms with Gasteiger partial charge in [0.1, 0.15) is 17.5 Å². The van der Waals surface area contributed by atoms with E-state index in [0.29, 0.717) is 13.2 Å². The fourth-order valence-corrected chi connectivity index (χ4v) is 2.49. The van der Waals surface area contributed by atoms with E-state index in [-0.39, 0.29) is 11.9 Å². The number of ether oxygens (including phenoxy) is 2. The van der Waals surface area contributed by atoms with Crippen molar-refractivity contribution in [1.29, 1.82) is 0 Å². The molecule has 1 unspecified atom stereocenters. The van der Waals surface area contributed by atoms with E-state index in [1.54, 1.807) is 7.11 Å². The summed E-state index contributed by atoms with van der Waals surface area (Å²) in [6.07, 6.45) is 1.74. The first-order valence-corrected chi connectivity index (χ1v) is 9.02. The van der Waals surface area contributed by atoms with E-state index in [2.05, 4.69) is 17.6 Å². The second kappa shape index (κ2) is 10.3. The second-order valence-corrected chi connectivity index (χ2v) is 6.13. The molecule has 0 fully saturated rings. The van der Waals surface area contributed by atoms with Crippen molar-refractivity contribution in [1.82, 2.24) is 5.32 Å². The summed E-state index contributed by atoms with van der Waals surface area (Å²) >= 11 is 0. The van der Waals surface area contributed by atoms with Crippen molar-refractivity contribution in [3.63, 3.8) is 0 Å². The molecule has 0 aliphatic rings. The molecule has 0 heterocycles. The van der Waals surface area contributed by atoms with Crippen LogP contribution in [0.3, 0.4) is 0 Å². The van der Waals surface area contributed by atoms with Gasteiger partial charge in [0, 0.05) is 18.3 Å². The van der Waals surface area contributed by atoms with Crippen molar-refractivity contribution >= 4 is 11.6 Å². The molecule has 1 atom stereocenters. The lowest BCUT2D eigenvalue weighted by atomic mass is 10.1. The van der Waals surface area contributed by atoms with Gasteiger partial charge in [0.05, 0.1) is 13.7 Å². The lowest BCUT2D eigenvalue weighted by molar-refractivity contribution is -0.121. The maximum atomic E-state index is 12.3. The Morgan fingerprint density at radius 3 is 2.58 bits per heavy atom. The maximum Gasteiger partial charge on any atom is 0.242 e. The molecule has 26 heavy (non-hydrogen) atoms. The van der Waals surface area contributed by atoms with Crippen molar-refractivity contribution in [3.8, 4) is 11.5 Å². The number of amides is 1. The summed E-state index contributed by atoms with van der Waals surface area (Å²) in [5.41, 5.74) is 2.03. The summed E-state index contributed by atoms with van der Waals surface area (Å²) < 4.78 is 10.8. The second-order valence-electron chi connectivity index (χ2n) is 6.13. The molecule has 0 radical (unpaired) electrons. The Kier molecular flexibility index (Phi) is 7.80. The molecule has 5 heteroatoms. The molecule has 2 aromatic carbocycles. The average Bonchev–Trinajstić information content (AvgIpc) is 2.67. The third-order valence-corrected chi connectivity index (χ3v) is 3.96. The van der Waals surface area contributed by atoms with Crippen LogP contribution < -0.4 is 20.1 Å². The highest BCUT2D eigenvalue weighted by Gasteiger charge is 2.12. The average molecular weight is 356 g/mol. The van der Waals surface area contributed by atoms with Crippen LogP contribution in [0.4, 0.5) is 5.69 Å². The van der Waals surface area contributed by atoms with E-state index in [0.717, 1.165) is 35.6 Å². The van der Waals surface area contributed by atoms with Crippen LogP contribution in [-0.4, -0.2) is 32.2 Å². The maximum absolute atomic E-state index is 12.3. The standard InChI is InChI=1S/C21H28N2O3/c1-4-14-26-20-7-5-6-18(15-20)23-16(2)21(24)22-13-12-17-8-10-19(25-3)11-9-17/h5-11,15-16,23H,4,12-14H2,1-3H3,(H,22,24). The number of hydrogen-bond donors (Lipinski definition) is 2. The van der Waals surface area contributed by atoms with Gasteiger partial charge in [-0.25, -0.2) is 0 Å². The van der Waals surface area contributed by atoms with Crippen molar-refractivity contribution in [3.05, 3.63) is 54.1 Å². The molecule has 0 aliphatic carbocycles. The van der Waals surface area contributed by atoms with E-state index in [4.69, 9.17) is 9.47 Å². The highest BCUT2D eigenvalue weighted by atomic mass is 16.5. The van der Waals surface area contributed by atoms with Gasteiger partial charge in [-0.3, -0.25) is 4.79 Å². The molecule has 2 N–H and O–H groups in total. The van der Waals surface area contributed by atoms with Crippen LogP contribution in [0.25, 0.3) is 0 Å². The minimum Gasteiger partial charge on any atom is -0.497 e. The number of nitrogens with one attached hydrogen (secondary N) is 2. The minimum absolute atomic E-state index is 0.0293. The third-order valence-electron chi connectivity index (χ3n) is 3.96. The number of benzene rings is 2. The van der Waals surface area contributed by atoms with Crippen molar-refractivity contribution in [2.75, 3.05) is 25.6 Å². The quantitative estimate of drug-likeness (QED) is 0.682. The molecule has 0 saturated heterocycles. The number of rotatable bonds is 10. The Balaban J connectivity index is 1.77. The zero-order chi connectivity index (χ0) is 18.8. The number of methoxy groups -OCH3 is 1. The van der Waals surface area contributed by atoms with Crippen LogP contribution in [0.15, 0.2) is 48.5 Å². The zero-order valence-electron chi connectivity index (χ0n) is 15.7. The lowest BCUT2D eigenvalue weighted by Gasteiger charge is -2.16. The summed E-state index contributed by atoms with van der Waals surface area (Å²) in [5, 5.41) is 6.18. The Morgan fingerprint density at radius 2 is 1.88 bits per heavy atom. The normalized spacial score (nSPS) is 11.5. The van der Waals surface area contributed by atoms with Crippen molar-refractivity contribution < 1.29 is 14.3 Å².